The molecule has 0 aromatic heterocycles. The average Bonchev–Trinajstić information content (AvgIpc) is 2.67. The van der Waals surface area contributed by atoms with Gasteiger partial charge in [-0.1, -0.05) is 6.07 Å². The molecule has 1 amide bonds. The summed E-state index contributed by atoms with van der Waals surface area (Å²) in [4.78, 5) is 26.4. The fourth-order valence-electron chi connectivity index (χ4n) is 4.66. The van der Waals surface area contributed by atoms with E-state index >= 15 is 0 Å². The molecular weight excluding hydrogens is 350 g/mol. The molecule has 0 radical (unpaired) electrons. The zero-order valence-corrected chi connectivity index (χ0v) is 15.4. The lowest BCUT2D eigenvalue weighted by Crippen LogP contribution is -2.57. The summed E-state index contributed by atoms with van der Waals surface area (Å²) in [5.74, 6) is 0.428. The van der Waals surface area contributed by atoms with E-state index in [1.165, 1.54) is 21.3 Å². The molecule has 142 valence electrons. The summed E-state index contributed by atoms with van der Waals surface area (Å²) >= 11 is 0. The number of likely N-dealkylation sites (tertiary alicyclic amines) is 1. The van der Waals surface area contributed by atoms with E-state index in [1.54, 1.807) is 23.1 Å². The zero-order chi connectivity index (χ0) is 19.3. The van der Waals surface area contributed by atoms with Gasteiger partial charge < -0.3 is 24.2 Å². The Kier molecular flexibility index (Phi) is 3.91. The number of nitrogens with zero attached hydrogens (tertiary/aromatic N) is 1. The SMILES string of the molecule is COC(=O)N1CC[C@]23C=C(OC)C(=O)C=C2[C@H]1Cc1ccc(OC)c(O)c13. The molecule has 27 heavy (non-hydrogen) atoms. The number of phenols is 1. The second-order valence-corrected chi connectivity index (χ2v) is 6.93. The van der Waals surface area contributed by atoms with Crippen molar-refractivity contribution in [2.45, 2.75) is 24.3 Å². The van der Waals surface area contributed by atoms with E-state index in [-0.39, 0.29) is 23.3 Å². The zero-order valence-electron chi connectivity index (χ0n) is 15.4. The largest absolute Gasteiger partial charge is 0.504 e. The van der Waals surface area contributed by atoms with E-state index < -0.39 is 11.5 Å². The van der Waals surface area contributed by atoms with Gasteiger partial charge in [-0.2, -0.15) is 0 Å². The van der Waals surface area contributed by atoms with Crippen molar-refractivity contribution in [1.82, 2.24) is 4.90 Å². The normalized spacial score (nSPS) is 25.7. The summed E-state index contributed by atoms with van der Waals surface area (Å²) in [6.45, 7) is 0.437. The van der Waals surface area contributed by atoms with Crippen molar-refractivity contribution in [3.05, 3.63) is 46.7 Å². The average molecular weight is 371 g/mol. The highest BCUT2D eigenvalue weighted by Gasteiger charge is 2.54. The summed E-state index contributed by atoms with van der Waals surface area (Å²) < 4.78 is 15.5. The van der Waals surface area contributed by atoms with E-state index in [4.69, 9.17) is 14.2 Å². The molecule has 1 heterocycles. The summed E-state index contributed by atoms with van der Waals surface area (Å²) in [6, 6.07) is 3.30. The second-order valence-electron chi connectivity index (χ2n) is 6.93. The molecule has 1 fully saturated rings. The number of ketones is 1. The Balaban J connectivity index is 1.98. The molecule has 3 aliphatic rings. The van der Waals surface area contributed by atoms with Crippen LogP contribution in [0, 0.1) is 0 Å². The summed E-state index contributed by atoms with van der Waals surface area (Å²) in [6.07, 6.45) is 3.88. The van der Waals surface area contributed by atoms with Crippen molar-refractivity contribution < 1.29 is 28.9 Å². The van der Waals surface area contributed by atoms with Crippen molar-refractivity contribution in [3.63, 3.8) is 0 Å². The number of aromatic hydroxyl groups is 1. The van der Waals surface area contributed by atoms with E-state index in [9.17, 15) is 14.7 Å². The Morgan fingerprint density at radius 3 is 2.70 bits per heavy atom. The van der Waals surface area contributed by atoms with Gasteiger partial charge in [0.15, 0.2) is 17.3 Å². The number of rotatable bonds is 2. The molecule has 0 saturated carbocycles. The lowest BCUT2D eigenvalue weighted by molar-refractivity contribution is -0.114. The summed E-state index contributed by atoms with van der Waals surface area (Å²) in [7, 11) is 4.30. The van der Waals surface area contributed by atoms with Gasteiger partial charge in [-0.05, 0) is 42.2 Å². The Morgan fingerprint density at radius 1 is 1.26 bits per heavy atom. The van der Waals surface area contributed by atoms with Gasteiger partial charge in [-0.25, -0.2) is 4.79 Å². The van der Waals surface area contributed by atoms with Crippen LogP contribution < -0.4 is 4.74 Å². The maximum atomic E-state index is 12.5. The highest BCUT2D eigenvalue weighted by Crippen LogP contribution is 2.56. The number of carbonyl (C=O) groups is 2. The van der Waals surface area contributed by atoms with Crippen molar-refractivity contribution >= 4 is 11.9 Å². The first-order valence-corrected chi connectivity index (χ1v) is 8.74. The van der Waals surface area contributed by atoms with E-state index in [1.807, 2.05) is 6.07 Å². The highest BCUT2D eigenvalue weighted by atomic mass is 16.5. The molecule has 4 rings (SSSR count). The number of methoxy groups -OCH3 is 3. The van der Waals surface area contributed by atoms with Gasteiger partial charge in [-0.3, -0.25) is 4.79 Å². The van der Waals surface area contributed by atoms with E-state index in [0.29, 0.717) is 25.1 Å². The minimum atomic E-state index is -0.722. The van der Waals surface area contributed by atoms with Gasteiger partial charge in [-0.15, -0.1) is 0 Å². The predicted octanol–water partition coefficient (Wildman–Crippen LogP) is 2.07. The Hall–Kier alpha value is -2.96. The number of carbonyl (C=O) groups excluding carboxylic acids is 2. The number of ether oxygens (including phenoxy) is 3. The number of hydrogen-bond acceptors (Lipinski definition) is 6. The van der Waals surface area contributed by atoms with Crippen LogP contribution in [0.15, 0.2) is 35.6 Å². The van der Waals surface area contributed by atoms with Crippen LogP contribution in [0.5, 0.6) is 11.5 Å². The molecule has 1 aliphatic heterocycles. The van der Waals surface area contributed by atoms with E-state index in [2.05, 4.69) is 0 Å². The van der Waals surface area contributed by atoms with Crippen LogP contribution in [0.25, 0.3) is 0 Å². The molecule has 7 heteroatoms. The smallest absolute Gasteiger partial charge is 0.409 e. The standard InChI is InChI=1S/C20H21NO6/c1-25-15-5-4-11-8-13-12-9-14(22)16(26-2)10-20(12,17(11)18(15)23)6-7-21(13)19(24)27-3/h4-5,9-10,13,23H,6-8H2,1-3H3/t13-,20+/m1/s1. The number of allylic oxidation sites excluding steroid dienone is 2. The maximum Gasteiger partial charge on any atom is 0.409 e. The third kappa shape index (κ3) is 2.27. The number of phenolic OH excluding ortho intramolecular Hbond substituents is 1. The van der Waals surface area contributed by atoms with E-state index in [0.717, 1.165) is 16.7 Å². The first-order chi connectivity index (χ1) is 13.0. The minimum Gasteiger partial charge on any atom is -0.504 e. The number of fused-ring (bicyclic) bond motifs is 1. The van der Waals surface area contributed by atoms with Crippen molar-refractivity contribution in [1.29, 1.82) is 0 Å². The number of piperidine rings is 1. The lowest BCUT2D eigenvalue weighted by Gasteiger charge is -2.52. The molecule has 1 N–H and O–H groups in total. The van der Waals surface area contributed by atoms with Crippen LogP contribution in [0.3, 0.4) is 0 Å². The van der Waals surface area contributed by atoms with Gasteiger partial charge >= 0.3 is 6.09 Å². The first kappa shape index (κ1) is 17.5. The van der Waals surface area contributed by atoms with Gasteiger partial charge in [0.05, 0.1) is 27.4 Å². The van der Waals surface area contributed by atoms with Crippen molar-refractivity contribution in [2.75, 3.05) is 27.9 Å². The highest BCUT2D eigenvalue weighted by molar-refractivity contribution is 6.05. The molecule has 1 aromatic rings. The fraction of sp³-hybridized carbons (Fsp3) is 0.400. The van der Waals surface area contributed by atoms with Crippen LogP contribution in [0.2, 0.25) is 0 Å². The molecule has 2 aliphatic carbocycles. The van der Waals surface area contributed by atoms with Crippen LogP contribution >= 0.6 is 0 Å². The van der Waals surface area contributed by atoms with Crippen LogP contribution in [-0.2, 0) is 26.1 Å². The molecule has 7 nitrogen and oxygen atoms in total. The van der Waals surface area contributed by atoms with Crippen LogP contribution in [0.4, 0.5) is 4.79 Å². The molecule has 1 saturated heterocycles. The molecular formula is C20H21NO6. The summed E-state index contributed by atoms with van der Waals surface area (Å²) in [5.41, 5.74) is 1.68. The summed E-state index contributed by atoms with van der Waals surface area (Å²) in [5, 5.41) is 10.9. The topological polar surface area (TPSA) is 85.3 Å². The second kappa shape index (κ2) is 6.04. The van der Waals surface area contributed by atoms with Gasteiger partial charge in [0.25, 0.3) is 0 Å². The third-order valence-corrected chi connectivity index (χ3v) is 5.84. The van der Waals surface area contributed by atoms with Gasteiger partial charge in [0, 0.05) is 17.5 Å². The molecule has 0 unspecified atom stereocenters. The fourth-order valence-corrected chi connectivity index (χ4v) is 4.66. The Bertz CT molecular complexity index is 902. The van der Waals surface area contributed by atoms with Crippen molar-refractivity contribution in [3.8, 4) is 11.5 Å². The van der Waals surface area contributed by atoms with Gasteiger partial charge in [0.2, 0.25) is 5.78 Å². The molecule has 2 atom stereocenters. The maximum absolute atomic E-state index is 12.5. The molecule has 1 aromatic carbocycles. The van der Waals surface area contributed by atoms with Crippen molar-refractivity contribution in [2.24, 2.45) is 0 Å². The quantitative estimate of drug-likeness (QED) is 0.857. The molecule has 2 bridgehead atoms. The van der Waals surface area contributed by atoms with Crippen LogP contribution in [0.1, 0.15) is 17.5 Å². The Morgan fingerprint density at radius 2 is 2.04 bits per heavy atom. The molecule has 0 spiro atoms. The monoisotopic (exact) mass is 371 g/mol. The van der Waals surface area contributed by atoms with Gasteiger partial charge in [0.1, 0.15) is 0 Å². The van der Waals surface area contributed by atoms with Crippen LogP contribution in [-0.4, -0.2) is 55.8 Å². The Labute approximate surface area is 156 Å². The third-order valence-electron chi connectivity index (χ3n) is 5.84. The number of amides is 1. The number of hydrogen-bond donors (Lipinski definition) is 1. The lowest BCUT2D eigenvalue weighted by atomic mass is 9.58. The first-order valence-electron chi connectivity index (χ1n) is 8.74. The minimum absolute atomic E-state index is 0.0620. The predicted molar refractivity (Wildman–Crippen MR) is 95.7 cm³/mol. The number of benzene rings is 1.